The van der Waals surface area contributed by atoms with E-state index in [0.29, 0.717) is 6.54 Å². The van der Waals surface area contributed by atoms with Crippen LogP contribution in [0.5, 0.6) is 0 Å². The van der Waals surface area contributed by atoms with Gasteiger partial charge in [-0.3, -0.25) is 0 Å². The lowest BCUT2D eigenvalue weighted by Crippen LogP contribution is -2.47. The highest BCUT2D eigenvalue weighted by atomic mass is 16.5. The molecule has 110 valence electrons. The van der Waals surface area contributed by atoms with Gasteiger partial charge in [0.05, 0.1) is 12.1 Å². The van der Waals surface area contributed by atoms with Crippen LogP contribution in [0.25, 0.3) is 0 Å². The number of likely N-dealkylation sites (tertiary alicyclic amines) is 1. The Morgan fingerprint density at radius 3 is 2.85 bits per heavy atom. The number of carbonyl (C=O) groups excluding carboxylic acids is 1. The van der Waals surface area contributed by atoms with Gasteiger partial charge < -0.3 is 19.5 Å². The van der Waals surface area contributed by atoms with Crippen molar-refractivity contribution < 1.29 is 9.53 Å². The summed E-state index contributed by atoms with van der Waals surface area (Å²) in [7, 11) is 0. The number of urea groups is 1. The fourth-order valence-corrected chi connectivity index (χ4v) is 3.25. The molecule has 0 saturated carbocycles. The molecule has 3 heterocycles. The van der Waals surface area contributed by atoms with Gasteiger partial charge in [-0.15, -0.1) is 0 Å². The Morgan fingerprint density at radius 1 is 1.25 bits per heavy atom. The zero-order valence-electron chi connectivity index (χ0n) is 11.8. The molecule has 3 rings (SSSR count). The van der Waals surface area contributed by atoms with E-state index in [1.807, 2.05) is 29.4 Å². The van der Waals surface area contributed by atoms with Crippen LogP contribution in [0, 0.1) is 0 Å². The highest BCUT2D eigenvalue weighted by Gasteiger charge is 2.36. The number of hydrogen-bond acceptors (Lipinski definition) is 2. The van der Waals surface area contributed by atoms with Crippen LogP contribution in [0.15, 0.2) is 24.5 Å². The molecular formula is C15H23N3O2. The van der Waals surface area contributed by atoms with Crippen LogP contribution in [-0.2, 0) is 11.3 Å². The molecule has 0 radical (unpaired) electrons. The summed E-state index contributed by atoms with van der Waals surface area (Å²) in [6, 6.07) is 4.34. The maximum absolute atomic E-state index is 12.3. The molecule has 0 bridgehead atoms. The molecule has 2 saturated heterocycles. The topological polar surface area (TPSA) is 46.5 Å². The van der Waals surface area contributed by atoms with Crippen molar-refractivity contribution in [2.75, 3.05) is 19.7 Å². The fraction of sp³-hybridized carbons (Fsp3) is 0.667. The molecule has 0 spiro atoms. The minimum atomic E-state index is 0.0650. The standard InChI is InChI=1S/C15H23N3O2/c19-15(16-7-11-17-8-1-2-9-17)18-10-3-5-13(18)14-6-4-12-20-14/h1-2,8-9,13-14H,3-7,10-12H2,(H,16,19)/t13-,14+/m0/s1. The Balaban J connectivity index is 1.48. The number of nitrogens with one attached hydrogen (secondary N) is 1. The summed E-state index contributed by atoms with van der Waals surface area (Å²) in [5.41, 5.74) is 0. The number of ether oxygens (including phenoxy) is 1. The van der Waals surface area contributed by atoms with Crippen molar-refractivity contribution >= 4 is 6.03 Å². The third-order valence-corrected chi connectivity index (χ3v) is 4.27. The molecule has 20 heavy (non-hydrogen) atoms. The Hall–Kier alpha value is -1.49. The molecule has 2 aliphatic heterocycles. The second kappa shape index (κ2) is 6.31. The number of nitrogens with zero attached hydrogens (tertiary/aromatic N) is 2. The van der Waals surface area contributed by atoms with Gasteiger partial charge in [-0.2, -0.15) is 0 Å². The van der Waals surface area contributed by atoms with E-state index in [2.05, 4.69) is 9.88 Å². The molecule has 0 aromatic carbocycles. The first kappa shape index (κ1) is 13.5. The van der Waals surface area contributed by atoms with Gasteiger partial charge in [-0.25, -0.2) is 4.79 Å². The lowest BCUT2D eigenvalue weighted by Gasteiger charge is -2.29. The molecule has 1 aromatic rings. The highest BCUT2D eigenvalue weighted by molar-refractivity contribution is 5.74. The quantitative estimate of drug-likeness (QED) is 0.913. The normalized spacial score (nSPS) is 26.1. The summed E-state index contributed by atoms with van der Waals surface area (Å²) in [5, 5.41) is 3.03. The molecule has 0 unspecified atom stereocenters. The van der Waals surface area contributed by atoms with Crippen molar-refractivity contribution in [2.45, 2.75) is 44.4 Å². The summed E-state index contributed by atoms with van der Waals surface area (Å²) < 4.78 is 7.83. The van der Waals surface area contributed by atoms with E-state index in [1.54, 1.807) is 0 Å². The Bertz CT molecular complexity index is 426. The Labute approximate surface area is 119 Å². The van der Waals surface area contributed by atoms with E-state index >= 15 is 0 Å². The van der Waals surface area contributed by atoms with Gasteiger partial charge in [0.2, 0.25) is 0 Å². The monoisotopic (exact) mass is 277 g/mol. The lowest BCUT2D eigenvalue weighted by molar-refractivity contribution is 0.0521. The van der Waals surface area contributed by atoms with Crippen molar-refractivity contribution in [3.05, 3.63) is 24.5 Å². The smallest absolute Gasteiger partial charge is 0.317 e. The van der Waals surface area contributed by atoms with Gasteiger partial charge >= 0.3 is 6.03 Å². The van der Waals surface area contributed by atoms with Crippen molar-refractivity contribution in [1.82, 2.24) is 14.8 Å². The van der Waals surface area contributed by atoms with Crippen LogP contribution < -0.4 is 5.32 Å². The molecule has 2 amide bonds. The third kappa shape index (κ3) is 2.98. The molecule has 2 atom stereocenters. The minimum absolute atomic E-state index is 0.0650. The second-order valence-electron chi connectivity index (χ2n) is 5.61. The average molecular weight is 277 g/mol. The van der Waals surface area contributed by atoms with Crippen LogP contribution in [0.3, 0.4) is 0 Å². The maximum atomic E-state index is 12.3. The number of amides is 2. The number of rotatable bonds is 4. The van der Waals surface area contributed by atoms with Gasteiger partial charge in [0.15, 0.2) is 0 Å². The van der Waals surface area contributed by atoms with Crippen LogP contribution in [0.1, 0.15) is 25.7 Å². The zero-order valence-corrected chi connectivity index (χ0v) is 11.8. The van der Waals surface area contributed by atoms with Crippen LogP contribution in [0.2, 0.25) is 0 Å². The zero-order chi connectivity index (χ0) is 13.8. The summed E-state index contributed by atoms with van der Waals surface area (Å²) in [4.78, 5) is 14.3. The van der Waals surface area contributed by atoms with Gasteiger partial charge in [0, 0.05) is 38.6 Å². The Morgan fingerprint density at radius 2 is 2.10 bits per heavy atom. The third-order valence-electron chi connectivity index (χ3n) is 4.27. The predicted octanol–water partition coefficient (Wildman–Crippen LogP) is 1.84. The average Bonchev–Trinajstić information content (AvgIpc) is 3.19. The van der Waals surface area contributed by atoms with Gasteiger partial charge in [0.25, 0.3) is 0 Å². The SMILES string of the molecule is O=C(NCCn1cccc1)N1CCC[C@H]1[C@H]1CCCO1. The summed E-state index contributed by atoms with van der Waals surface area (Å²) >= 11 is 0. The molecular weight excluding hydrogens is 254 g/mol. The van der Waals surface area contributed by atoms with Crippen molar-refractivity contribution in [3.8, 4) is 0 Å². The first-order chi connectivity index (χ1) is 9.84. The first-order valence-corrected chi connectivity index (χ1v) is 7.61. The van der Waals surface area contributed by atoms with Gasteiger partial charge in [0.1, 0.15) is 0 Å². The van der Waals surface area contributed by atoms with E-state index in [1.165, 1.54) is 0 Å². The first-order valence-electron chi connectivity index (χ1n) is 7.61. The second-order valence-corrected chi connectivity index (χ2v) is 5.61. The van der Waals surface area contributed by atoms with E-state index < -0.39 is 0 Å². The van der Waals surface area contributed by atoms with Crippen LogP contribution in [-0.4, -0.2) is 47.3 Å². The molecule has 1 aromatic heterocycles. The molecule has 5 nitrogen and oxygen atoms in total. The van der Waals surface area contributed by atoms with Crippen LogP contribution >= 0.6 is 0 Å². The van der Waals surface area contributed by atoms with Gasteiger partial charge in [-0.05, 0) is 37.8 Å². The Kier molecular flexibility index (Phi) is 4.25. The van der Waals surface area contributed by atoms with Crippen molar-refractivity contribution in [3.63, 3.8) is 0 Å². The van der Waals surface area contributed by atoms with Crippen LogP contribution in [0.4, 0.5) is 4.79 Å². The summed E-state index contributed by atoms with van der Waals surface area (Å²) in [6.07, 6.45) is 8.68. The van der Waals surface area contributed by atoms with E-state index in [9.17, 15) is 4.79 Å². The van der Waals surface area contributed by atoms with Crippen molar-refractivity contribution in [2.24, 2.45) is 0 Å². The minimum Gasteiger partial charge on any atom is -0.376 e. The lowest BCUT2D eigenvalue weighted by atomic mass is 10.1. The molecule has 2 aliphatic rings. The highest BCUT2D eigenvalue weighted by Crippen LogP contribution is 2.27. The van der Waals surface area contributed by atoms with E-state index in [4.69, 9.17) is 4.74 Å². The predicted molar refractivity (Wildman–Crippen MR) is 76.5 cm³/mol. The molecule has 0 aliphatic carbocycles. The fourth-order valence-electron chi connectivity index (χ4n) is 3.25. The van der Waals surface area contributed by atoms with Crippen molar-refractivity contribution in [1.29, 1.82) is 0 Å². The van der Waals surface area contributed by atoms with Gasteiger partial charge in [-0.1, -0.05) is 0 Å². The summed E-state index contributed by atoms with van der Waals surface area (Å²) in [6.45, 7) is 3.20. The summed E-state index contributed by atoms with van der Waals surface area (Å²) in [5.74, 6) is 0. The number of carbonyl (C=O) groups is 1. The largest absolute Gasteiger partial charge is 0.376 e. The number of aromatic nitrogens is 1. The maximum Gasteiger partial charge on any atom is 0.317 e. The van der Waals surface area contributed by atoms with E-state index in [-0.39, 0.29) is 18.2 Å². The molecule has 2 fully saturated rings. The number of hydrogen-bond donors (Lipinski definition) is 1. The van der Waals surface area contributed by atoms with E-state index in [0.717, 1.165) is 45.4 Å². The molecule has 1 N–H and O–H groups in total. The molecule has 5 heteroatoms.